The molecule has 0 aliphatic carbocycles. The van der Waals surface area contributed by atoms with Crippen molar-refractivity contribution in [1.82, 2.24) is 4.98 Å². The molecule has 1 heterocycles. The molecule has 17 heavy (non-hydrogen) atoms. The standard InChI is InChI=1S/C12H14FN3O/c1-7-3-9-11(5-10(7)13)15-8(6-17-2)4-12(9)16-14/h3-5H,6,14H2,1-2H3,(H,15,16). The Balaban J connectivity index is 2.68. The van der Waals surface area contributed by atoms with Gasteiger partial charge in [0.05, 0.1) is 23.5 Å². The minimum atomic E-state index is -0.275. The number of nitrogens with one attached hydrogen (secondary N) is 1. The van der Waals surface area contributed by atoms with Crippen LogP contribution in [0, 0.1) is 12.7 Å². The number of nitrogens with two attached hydrogens (primary N) is 1. The molecule has 0 radical (unpaired) electrons. The monoisotopic (exact) mass is 235 g/mol. The fraction of sp³-hybridized carbons (Fsp3) is 0.250. The highest BCUT2D eigenvalue weighted by Gasteiger charge is 2.08. The van der Waals surface area contributed by atoms with Gasteiger partial charge in [-0.2, -0.15) is 0 Å². The molecule has 1 aromatic carbocycles. The summed E-state index contributed by atoms with van der Waals surface area (Å²) in [7, 11) is 1.58. The van der Waals surface area contributed by atoms with Crippen LogP contribution in [0.4, 0.5) is 10.1 Å². The number of anilines is 1. The Morgan fingerprint density at radius 2 is 2.18 bits per heavy atom. The first-order valence-corrected chi connectivity index (χ1v) is 5.21. The molecule has 0 atom stereocenters. The van der Waals surface area contributed by atoms with Crippen molar-refractivity contribution < 1.29 is 9.13 Å². The van der Waals surface area contributed by atoms with E-state index in [1.54, 1.807) is 26.2 Å². The molecular weight excluding hydrogens is 221 g/mol. The minimum absolute atomic E-state index is 0.275. The highest BCUT2D eigenvalue weighted by molar-refractivity contribution is 5.91. The molecule has 90 valence electrons. The van der Waals surface area contributed by atoms with E-state index in [-0.39, 0.29) is 5.82 Å². The van der Waals surface area contributed by atoms with Gasteiger partial charge in [-0.25, -0.2) is 4.39 Å². The Labute approximate surface area is 98.6 Å². The SMILES string of the molecule is COCc1cc(NN)c2cc(C)c(F)cc2n1. The van der Waals surface area contributed by atoms with Crippen LogP contribution >= 0.6 is 0 Å². The van der Waals surface area contributed by atoms with E-state index in [0.717, 1.165) is 5.39 Å². The molecule has 0 bridgehead atoms. The van der Waals surface area contributed by atoms with Gasteiger partial charge in [0, 0.05) is 18.6 Å². The molecule has 0 aliphatic rings. The normalized spacial score (nSPS) is 10.8. The van der Waals surface area contributed by atoms with Crippen LogP contribution in [-0.2, 0) is 11.3 Å². The van der Waals surface area contributed by atoms with E-state index in [4.69, 9.17) is 10.6 Å². The van der Waals surface area contributed by atoms with E-state index in [2.05, 4.69) is 10.4 Å². The smallest absolute Gasteiger partial charge is 0.128 e. The average molecular weight is 235 g/mol. The quantitative estimate of drug-likeness (QED) is 0.632. The predicted molar refractivity (Wildman–Crippen MR) is 65.0 cm³/mol. The lowest BCUT2D eigenvalue weighted by molar-refractivity contribution is 0.182. The third kappa shape index (κ3) is 2.20. The van der Waals surface area contributed by atoms with Gasteiger partial charge in [-0.15, -0.1) is 0 Å². The van der Waals surface area contributed by atoms with Gasteiger partial charge in [0.1, 0.15) is 5.82 Å². The van der Waals surface area contributed by atoms with Crippen LogP contribution in [-0.4, -0.2) is 12.1 Å². The van der Waals surface area contributed by atoms with Crippen molar-refractivity contribution in [2.45, 2.75) is 13.5 Å². The van der Waals surface area contributed by atoms with Crippen LogP contribution < -0.4 is 11.3 Å². The molecule has 2 aromatic rings. The second-order valence-electron chi connectivity index (χ2n) is 3.86. The lowest BCUT2D eigenvalue weighted by Gasteiger charge is -2.09. The molecule has 4 nitrogen and oxygen atoms in total. The molecule has 0 amide bonds. The number of aromatic nitrogens is 1. The number of fused-ring (bicyclic) bond motifs is 1. The summed E-state index contributed by atoms with van der Waals surface area (Å²) in [4.78, 5) is 4.31. The zero-order valence-corrected chi connectivity index (χ0v) is 9.75. The molecule has 1 aromatic heterocycles. The molecular formula is C12H14FN3O. The number of ether oxygens (including phenoxy) is 1. The number of nitrogen functional groups attached to an aromatic ring is 1. The van der Waals surface area contributed by atoms with E-state index in [1.165, 1.54) is 6.07 Å². The summed E-state index contributed by atoms with van der Waals surface area (Å²) in [5.41, 5.74) is 5.15. The number of methoxy groups -OCH3 is 1. The van der Waals surface area contributed by atoms with Gasteiger partial charge in [-0.3, -0.25) is 10.8 Å². The first-order chi connectivity index (χ1) is 8.15. The average Bonchev–Trinajstić information content (AvgIpc) is 2.31. The summed E-state index contributed by atoms with van der Waals surface area (Å²) in [6.07, 6.45) is 0. The van der Waals surface area contributed by atoms with Gasteiger partial charge >= 0.3 is 0 Å². The molecule has 2 rings (SSSR count). The third-order valence-electron chi connectivity index (χ3n) is 2.59. The van der Waals surface area contributed by atoms with Crippen LogP contribution in [0.15, 0.2) is 18.2 Å². The largest absolute Gasteiger partial charge is 0.378 e. The second kappa shape index (κ2) is 4.65. The Bertz CT molecular complexity index is 557. The molecule has 0 aliphatic heterocycles. The highest BCUT2D eigenvalue weighted by atomic mass is 19.1. The number of hydrogen-bond acceptors (Lipinski definition) is 4. The molecule has 5 heteroatoms. The molecule has 0 saturated heterocycles. The van der Waals surface area contributed by atoms with Crippen molar-refractivity contribution in [3.05, 3.63) is 35.3 Å². The van der Waals surface area contributed by atoms with Crippen LogP contribution in [0.1, 0.15) is 11.3 Å². The van der Waals surface area contributed by atoms with Crippen LogP contribution in [0.2, 0.25) is 0 Å². The van der Waals surface area contributed by atoms with Gasteiger partial charge < -0.3 is 10.2 Å². The van der Waals surface area contributed by atoms with Gasteiger partial charge in [0.2, 0.25) is 0 Å². The van der Waals surface area contributed by atoms with Crippen molar-refractivity contribution in [3.63, 3.8) is 0 Å². The summed E-state index contributed by atoms with van der Waals surface area (Å²) in [6, 6.07) is 4.93. The topological polar surface area (TPSA) is 60.2 Å². The minimum Gasteiger partial charge on any atom is -0.378 e. The van der Waals surface area contributed by atoms with Crippen molar-refractivity contribution >= 4 is 16.6 Å². The summed E-state index contributed by atoms with van der Waals surface area (Å²) in [5.74, 6) is 5.18. The van der Waals surface area contributed by atoms with E-state index >= 15 is 0 Å². The molecule has 3 N–H and O–H groups in total. The Hall–Kier alpha value is -1.72. The first-order valence-electron chi connectivity index (χ1n) is 5.21. The van der Waals surface area contributed by atoms with E-state index in [9.17, 15) is 4.39 Å². The molecule has 0 spiro atoms. The number of nitrogens with zero attached hydrogens (tertiary/aromatic N) is 1. The van der Waals surface area contributed by atoms with E-state index < -0.39 is 0 Å². The molecule has 0 fully saturated rings. The summed E-state index contributed by atoms with van der Waals surface area (Å²) < 4.78 is 18.5. The molecule has 0 saturated carbocycles. The van der Waals surface area contributed by atoms with Crippen LogP contribution in [0.5, 0.6) is 0 Å². The fourth-order valence-corrected chi connectivity index (χ4v) is 1.75. The number of hydrogen-bond donors (Lipinski definition) is 2. The number of benzene rings is 1. The van der Waals surface area contributed by atoms with Crippen molar-refractivity contribution in [3.8, 4) is 0 Å². The summed E-state index contributed by atoms with van der Waals surface area (Å²) in [5, 5.41) is 0.797. The van der Waals surface area contributed by atoms with Gasteiger partial charge in [0.25, 0.3) is 0 Å². The highest BCUT2D eigenvalue weighted by Crippen LogP contribution is 2.25. The summed E-state index contributed by atoms with van der Waals surface area (Å²) >= 11 is 0. The first kappa shape index (κ1) is 11.8. The Morgan fingerprint density at radius 1 is 1.41 bits per heavy atom. The van der Waals surface area contributed by atoms with E-state index in [0.29, 0.717) is 29.1 Å². The van der Waals surface area contributed by atoms with Crippen molar-refractivity contribution in [2.24, 2.45) is 5.84 Å². The second-order valence-corrected chi connectivity index (χ2v) is 3.86. The third-order valence-corrected chi connectivity index (χ3v) is 2.59. The van der Waals surface area contributed by atoms with Gasteiger partial charge in [0.15, 0.2) is 0 Å². The summed E-state index contributed by atoms with van der Waals surface area (Å²) in [6.45, 7) is 2.07. The van der Waals surface area contributed by atoms with Crippen LogP contribution in [0.25, 0.3) is 10.9 Å². The van der Waals surface area contributed by atoms with Crippen molar-refractivity contribution in [2.75, 3.05) is 12.5 Å². The maximum atomic E-state index is 13.5. The van der Waals surface area contributed by atoms with Crippen molar-refractivity contribution in [1.29, 1.82) is 0 Å². The maximum Gasteiger partial charge on any atom is 0.128 e. The zero-order chi connectivity index (χ0) is 12.4. The number of rotatable bonds is 3. The number of hydrazine groups is 1. The number of halogens is 1. The fourth-order valence-electron chi connectivity index (χ4n) is 1.75. The van der Waals surface area contributed by atoms with E-state index in [1.807, 2.05) is 0 Å². The number of aryl methyl sites for hydroxylation is 1. The maximum absolute atomic E-state index is 13.5. The Morgan fingerprint density at radius 3 is 2.82 bits per heavy atom. The lowest BCUT2D eigenvalue weighted by atomic mass is 10.1. The van der Waals surface area contributed by atoms with Gasteiger partial charge in [-0.1, -0.05) is 0 Å². The van der Waals surface area contributed by atoms with Crippen LogP contribution in [0.3, 0.4) is 0 Å². The number of pyridine rings is 1. The lowest BCUT2D eigenvalue weighted by Crippen LogP contribution is -2.09. The van der Waals surface area contributed by atoms with Gasteiger partial charge in [-0.05, 0) is 24.6 Å². The predicted octanol–water partition coefficient (Wildman–Crippen LogP) is 2.11. The molecule has 0 unspecified atom stereocenters. The Kier molecular flexibility index (Phi) is 3.21. The zero-order valence-electron chi connectivity index (χ0n) is 9.75.